The zero-order valence-corrected chi connectivity index (χ0v) is 14.5. The molecule has 0 aliphatic carbocycles. The molecule has 2 heterocycles. The molecule has 1 atom stereocenters. The maximum atomic E-state index is 13.3. The molecule has 136 valence electrons. The van der Waals surface area contributed by atoms with Gasteiger partial charge in [0.1, 0.15) is 0 Å². The molecule has 1 aromatic heterocycles. The van der Waals surface area contributed by atoms with Gasteiger partial charge < -0.3 is 10.2 Å². The molecule has 0 spiro atoms. The molecule has 1 amide bonds. The quantitative estimate of drug-likeness (QED) is 0.759. The van der Waals surface area contributed by atoms with Crippen molar-refractivity contribution in [2.45, 2.75) is 19.4 Å². The first-order valence-corrected chi connectivity index (χ1v) is 8.50. The molecule has 1 unspecified atom stereocenters. The van der Waals surface area contributed by atoms with Crippen molar-refractivity contribution in [1.29, 1.82) is 0 Å². The molecular formula is C20H16F2N4O. The van der Waals surface area contributed by atoms with Crippen LogP contribution >= 0.6 is 0 Å². The van der Waals surface area contributed by atoms with Gasteiger partial charge in [0.25, 0.3) is 5.91 Å². The van der Waals surface area contributed by atoms with E-state index < -0.39 is 11.6 Å². The third-order valence-corrected chi connectivity index (χ3v) is 4.50. The Hall–Kier alpha value is -3.35. The van der Waals surface area contributed by atoms with Crippen molar-refractivity contribution in [2.24, 2.45) is 0 Å². The first kappa shape index (κ1) is 17.1. The number of hydrogen-bond acceptors (Lipinski definition) is 4. The molecule has 0 saturated heterocycles. The molecular weight excluding hydrogens is 350 g/mol. The summed E-state index contributed by atoms with van der Waals surface area (Å²) in [6, 6.07) is 14.4. The van der Waals surface area contributed by atoms with Gasteiger partial charge in [-0.15, -0.1) is 10.2 Å². The summed E-state index contributed by atoms with van der Waals surface area (Å²) < 4.78 is 26.3. The molecule has 3 aromatic rings. The fraction of sp³-hybridized carbons (Fsp3) is 0.150. The van der Waals surface area contributed by atoms with Crippen molar-refractivity contribution in [3.63, 3.8) is 0 Å². The van der Waals surface area contributed by atoms with Gasteiger partial charge in [-0.25, -0.2) is 8.78 Å². The lowest BCUT2D eigenvalue weighted by atomic mass is 10.1. The highest BCUT2D eigenvalue weighted by Gasteiger charge is 2.31. The number of carbonyl (C=O) groups excluding carboxylic acids is 1. The number of rotatable bonds is 3. The SMILES string of the molecule is CC1Cc2ccccc2N1C(=O)c1ccc(Nc2ccc(F)c(F)c2)nn1. The zero-order valence-electron chi connectivity index (χ0n) is 14.5. The van der Waals surface area contributed by atoms with E-state index in [9.17, 15) is 13.6 Å². The molecule has 5 nitrogen and oxygen atoms in total. The van der Waals surface area contributed by atoms with E-state index >= 15 is 0 Å². The predicted molar refractivity (Wildman–Crippen MR) is 98.1 cm³/mol. The van der Waals surface area contributed by atoms with Gasteiger partial charge in [0.15, 0.2) is 23.1 Å². The monoisotopic (exact) mass is 366 g/mol. The average molecular weight is 366 g/mol. The summed E-state index contributed by atoms with van der Waals surface area (Å²) in [7, 11) is 0. The standard InChI is InChI=1S/C20H16F2N4O/c1-12-10-13-4-2-3-5-18(13)26(12)20(27)17-8-9-19(25-24-17)23-14-6-7-15(21)16(22)11-14/h2-9,11-12H,10H2,1H3,(H,23,25). The smallest absolute Gasteiger partial charge is 0.279 e. The van der Waals surface area contributed by atoms with Crippen molar-refractivity contribution >= 4 is 23.1 Å². The van der Waals surface area contributed by atoms with Gasteiger partial charge in [0, 0.05) is 23.5 Å². The summed E-state index contributed by atoms with van der Waals surface area (Å²) in [4.78, 5) is 14.6. The molecule has 1 N–H and O–H groups in total. The van der Waals surface area contributed by atoms with Gasteiger partial charge in [-0.05, 0) is 49.2 Å². The van der Waals surface area contributed by atoms with Crippen molar-refractivity contribution in [2.75, 3.05) is 10.2 Å². The highest BCUT2D eigenvalue weighted by molar-refractivity contribution is 6.06. The molecule has 27 heavy (non-hydrogen) atoms. The normalized spacial score (nSPS) is 15.5. The molecule has 1 aliphatic heterocycles. The molecule has 4 rings (SSSR count). The lowest BCUT2D eigenvalue weighted by Gasteiger charge is -2.22. The second kappa shape index (κ2) is 6.75. The van der Waals surface area contributed by atoms with Crippen molar-refractivity contribution in [3.05, 3.63) is 77.5 Å². The summed E-state index contributed by atoms with van der Waals surface area (Å²) >= 11 is 0. The second-order valence-electron chi connectivity index (χ2n) is 6.41. The summed E-state index contributed by atoms with van der Waals surface area (Å²) in [6.45, 7) is 1.99. The Labute approximate surface area is 154 Å². The van der Waals surface area contributed by atoms with Crippen LogP contribution < -0.4 is 10.2 Å². The maximum Gasteiger partial charge on any atom is 0.279 e. The Balaban J connectivity index is 1.54. The van der Waals surface area contributed by atoms with Crippen LogP contribution in [0.3, 0.4) is 0 Å². The van der Waals surface area contributed by atoms with Crippen LogP contribution in [0.5, 0.6) is 0 Å². The largest absolute Gasteiger partial charge is 0.339 e. The Morgan fingerprint density at radius 3 is 2.63 bits per heavy atom. The number of aromatic nitrogens is 2. The number of hydrogen-bond donors (Lipinski definition) is 1. The fourth-order valence-electron chi connectivity index (χ4n) is 3.23. The van der Waals surface area contributed by atoms with E-state index in [4.69, 9.17) is 0 Å². The summed E-state index contributed by atoms with van der Waals surface area (Å²) in [5.74, 6) is -1.78. The molecule has 0 saturated carbocycles. The predicted octanol–water partition coefficient (Wildman–Crippen LogP) is 4.09. The van der Waals surface area contributed by atoms with Crippen LogP contribution in [-0.4, -0.2) is 22.1 Å². The minimum atomic E-state index is -0.957. The topological polar surface area (TPSA) is 58.1 Å². The van der Waals surface area contributed by atoms with Crippen LogP contribution in [0.1, 0.15) is 23.0 Å². The number of nitrogens with one attached hydrogen (secondary N) is 1. The zero-order chi connectivity index (χ0) is 19.0. The second-order valence-corrected chi connectivity index (χ2v) is 6.41. The molecule has 1 aliphatic rings. The van der Waals surface area contributed by atoms with E-state index in [-0.39, 0.29) is 17.6 Å². The van der Waals surface area contributed by atoms with Gasteiger partial charge in [-0.2, -0.15) is 0 Å². The minimum absolute atomic E-state index is 0.0386. The highest BCUT2D eigenvalue weighted by atomic mass is 19.2. The van der Waals surface area contributed by atoms with Crippen LogP contribution in [0, 0.1) is 11.6 Å². The van der Waals surface area contributed by atoms with Crippen molar-refractivity contribution in [1.82, 2.24) is 10.2 Å². The number of nitrogens with zero attached hydrogens (tertiary/aromatic N) is 3. The van der Waals surface area contributed by atoms with Gasteiger partial charge >= 0.3 is 0 Å². The molecule has 7 heteroatoms. The number of benzene rings is 2. The number of carbonyl (C=O) groups is 1. The number of halogens is 2. The van der Waals surface area contributed by atoms with Crippen LogP contribution in [0.25, 0.3) is 0 Å². The molecule has 0 bridgehead atoms. The fourth-order valence-corrected chi connectivity index (χ4v) is 3.23. The number of amides is 1. The lowest BCUT2D eigenvalue weighted by Crippen LogP contribution is -2.36. The van der Waals surface area contributed by atoms with E-state index in [2.05, 4.69) is 15.5 Å². The number of fused-ring (bicyclic) bond motifs is 1. The third kappa shape index (κ3) is 3.23. The number of para-hydroxylation sites is 1. The molecule has 2 aromatic carbocycles. The van der Waals surface area contributed by atoms with Gasteiger partial charge in [-0.3, -0.25) is 4.79 Å². The van der Waals surface area contributed by atoms with Crippen LogP contribution in [-0.2, 0) is 6.42 Å². The first-order valence-electron chi connectivity index (χ1n) is 8.50. The Kier molecular flexibility index (Phi) is 4.27. The van der Waals surface area contributed by atoms with E-state index in [0.717, 1.165) is 29.8 Å². The molecule has 0 radical (unpaired) electrons. The van der Waals surface area contributed by atoms with Gasteiger partial charge in [0.05, 0.1) is 0 Å². The Morgan fingerprint density at radius 1 is 1.07 bits per heavy atom. The van der Waals surface area contributed by atoms with E-state index in [1.54, 1.807) is 17.0 Å². The van der Waals surface area contributed by atoms with Crippen molar-refractivity contribution < 1.29 is 13.6 Å². The van der Waals surface area contributed by atoms with E-state index in [1.165, 1.54) is 6.07 Å². The average Bonchev–Trinajstić information content (AvgIpc) is 3.00. The van der Waals surface area contributed by atoms with Crippen LogP contribution in [0.2, 0.25) is 0 Å². The van der Waals surface area contributed by atoms with Gasteiger partial charge in [-0.1, -0.05) is 18.2 Å². The van der Waals surface area contributed by atoms with E-state index in [1.807, 2.05) is 31.2 Å². The third-order valence-electron chi connectivity index (χ3n) is 4.50. The Morgan fingerprint density at radius 2 is 1.89 bits per heavy atom. The maximum absolute atomic E-state index is 13.3. The summed E-state index contributed by atoms with van der Waals surface area (Å²) in [5, 5.41) is 10.8. The summed E-state index contributed by atoms with van der Waals surface area (Å²) in [5.41, 5.74) is 2.57. The van der Waals surface area contributed by atoms with E-state index in [0.29, 0.717) is 11.5 Å². The molecule has 0 fully saturated rings. The Bertz CT molecular complexity index is 1010. The lowest BCUT2D eigenvalue weighted by molar-refractivity contribution is 0.0975. The minimum Gasteiger partial charge on any atom is -0.339 e. The number of anilines is 3. The van der Waals surface area contributed by atoms with Crippen LogP contribution in [0.4, 0.5) is 26.0 Å². The summed E-state index contributed by atoms with van der Waals surface area (Å²) in [6.07, 6.45) is 0.797. The highest BCUT2D eigenvalue weighted by Crippen LogP contribution is 2.32. The first-order chi connectivity index (χ1) is 13.0. The van der Waals surface area contributed by atoms with Crippen LogP contribution in [0.15, 0.2) is 54.6 Å². The van der Waals surface area contributed by atoms with Gasteiger partial charge in [0.2, 0.25) is 0 Å². The van der Waals surface area contributed by atoms with Crippen molar-refractivity contribution in [3.8, 4) is 0 Å².